The third-order valence-corrected chi connectivity index (χ3v) is 22.5. The smallest absolute Gasteiger partial charge is 0.194 e. The lowest BCUT2D eigenvalue weighted by Gasteiger charge is -2.29. The largest absolute Gasteiger partial charge is 0.483 e. The van der Waals surface area contributed by atoms with E-state index >= 15 is 0 Å². The highest BCUT2D eigenvalue weighted by molar-refractivity contribution is 5.38. The summed E-state index contributed by atoms with van der Waals surface area (Å²) in [6, 6.07) is 16.1. The highest BCUT2D eigenvalue weighted by Crippen LogP contribution is 2.45. The minimum absolute atomic E-state index is 0.0596. The fourth-order valence-corrected chi connectivity index (χ4v) is 16.0. The van der Waals surface area contributed by atoms with E-state index in [2.05, 4.69) is 27.7 Å². The molecule has 4 fully saturated rings. The Bertz CT molecular complexity index is 4280. The predicted octanol–water partition coefficient (Wildman–Crippen LogP) is 28.9. The van der Waals surface area contributed by atoms with E-state index in [9.17, 15) is 87.8 Å². The molecule has 0 radical (unpaired) electrons. The Balaban J connectivity index is 0.000000174. The van der Waals surface area contributed by atoms with E-state index in [4.69, 9.17) is 18.9 Å². The lowest BCUT2D eigenvalue weighted by molar-refractivity contribution is 0.270. The number of benzene rings is 8. The van der Waals surface area contributed by atoms with E-state index in [1.54, 1.807) is 0 Å². The monoisotopic (exact) mass is 1620 g/mol. The lowest BCUT2D eigenvalue weighted by Crippen LogP contribution is -2.14. The maximum absolute atomic E-state index is 14.5. The average molecular weight is 1620 g/mol. The predicted molar refractivity (Wildman–Crippen MR) is 396 cm³/mol. The van der Waals surface area contributed by atoms with Gasteiger partial charge in [-0.2, -0.15) is 0 Å². The zero-order valence-electron chi connectivity index (χ0n) is 64.3. The van der Waals surface area contributed by atoms with Crippen LogP contribution in [0.3, 0.4) is 0 Å². The molecule has 8 aromatic rings. The molecule has 0 atom stereocenters. The normalized spacial score (nSPS) is 19.5. The first-order valence-electron chi connectivity index (χ1n) is 39.6. The van der Waals surface area contributed by atoms with Gasteiger partial charge in [0.2, 0.25) is 0 Å². The zero-order chi connectivity index (χ0) is 82.4. The molecule has 0 saturated heterocycles. The van der Waals surface area contributed by atoms with Gasteiger partial charge in [0, 0.05) is 0 Å². The van der Waals surface area contributed by atoms with Crippen molar-refractivity contribution in [1.82, 2.24) is 0 Å². The Morgan fingerprint density at radius 3 is 0.623 bits per heavy atom. The molecule has 114 heavy (non-hydrogen) atoms. The molecule has 0 bridgehead atoms. The van der Waals surface area contributed by atoms with Gasteiger partial charge in [-0.15, -0.1) is 0 Å². The number of hydrogen-bond donors (Lipinski definition) is 0. The molecule has 8 aromatic carbocycles. The van der Waals surface area contributed by atoms with Crippen LogP contribution in [-0.2, 0) is 26.4 Å². The van der Waals surface area contributed by atoms with Crippen LogP contribution in [0.1, 0.15) is 263 Å². The molecular formula is C90H96F20O4. The summed E-state index contributed by atoms with van der Waals surface area (Å²) in [6.45, 7) is 6.73. The summed E-state index contributed by atoms with van der Waals surface area (Å²) < 4.78 is 294. The van der Waals surface area contributed by atoms with Crippen molar-refractivity contribution in [3.63, 3.8) is 0 Å². The average Bonchev–Trinajstić information content (AvgIpc) is 0.820. The Kier molecular flexibility index (Phi) is 33.7. The lowest BCUT2D eigenvalue weighted by atomic mass is 9.77. The molecule has 0 amide bonds. The number of hydrogen-bond acceptors (Lipinski definition) is 4. The van der Waals surface area contributed by atoms with Gasteiger partial charge in [-0.05, 0) is 292 Å². The quantitative estimate of drug-likeness (QED) is 0.0308. The second kappa shape index (κ2) is 43.0. The Morgan fingerprint density at radius 1 is 0.219 bits per heavy atom. The van der Waals surface area contributed by atoms with Crippen LogP contribution in [0.25, 0.3) is 0 Å². The summed E-state index contributed by atoms with van der Waals surface area (Å²) in [5.41, 5.74) is 2.19. The van der Waals surface area contributed by atoms with Crippen LogP contribution >= 0.6 is 0 Å². The van der Waals surface area contributed by atoms with Crippen LogP contribution in [0.15, 0.2) is 97.1 Å². The molecule has 0 heterocycles. The molecule has 0 aromatic heterocycles. The Hall–Kier alpha value is -8.44. The molecule has 12 rings (SSSR count). The minimum atomic E-state index is -1.60. The summed E-state index contributed by atoms with van der Waals surface area (Å²) in [5.74, 6) is -23.4. The molecule has 620 valence electrons. The first-order chi connectivity index (χ1) is 54.5. The van der Waals surface area contributed by atoms with Crippen molar-refractivity contribution in [3.8, 4) is 23.0 Å². The van der Waals surface area contributed by atoms with Gasteiger partial charge in [0.25, 0.3) is 0 Å². The van der Waals surface area contributed by atoms with Gasteiger partial charge < -0.3 is 18.9 Å². The van der Waals surface area contributed by atoms with E-state index in [1.807, 2.05) is 0 Å². The van der Waals surface area contributed by atoms with Gasteiger partial charge in [0.1, 0.15) is 26.4 Å². The van der Waals surface area contributed by atoms with Gasteiger partial charge >= 0.3 is 0 Å². The van der Waals surface area contributed by atoms with Crippen LogP contribution in [0.4, 0.5) is 87.8 Å². The summed E-state index contributed by atoms with van der Waals surface area (Å²) in [7, 11) is 0. The Labute approximate surface area is 653 Å². The molecule has 4 nitrogen and oxygen atoms in total. The second-order valence-corrected chi connectivity index (χ2v) is 30.6. The third-order valence-electron chi connectivity index (χ3n) is 22.5. The van der Waals surface area contributed by atoms with Gasteiger partial charge in [0.15, 0.2) is 139 Å². The van der Waals surface area contributed by atoms with Crippen molar-refractivity contribution in [3.05, 3.63) is 258 Å². The highest BCUT2D eigenvalue weighted by Gasteiger charge is 2.31. The zero-order valence-corrected chi connectivity index (χ0v) is 64.3. The molecule has 0 unspecified atom stereocenters. The molecule has 4 saturated carbocycles. The molecule has 0 N–H and O–H groups in total. The molecule has 0 aliphatic heterocycles. The molecule has 0 spiro atoms. The number of ether oxygens (including phenoxy) is 4. The van der Waals surface area contributed by atoms with Crippen LogP contribution in [0, 0.1) is 140 Å². The maximum atomic E-state index is 14.5. The fraction of sp³-hybridized carbons (Fsp3) is 0.467. The number of unbranched alkanes of at least 4 members (excludes halogenated alkanes) is 3. The summed E-state index contributed by atoms with van der Waals surface area (Å²) in [6.07, 6.45) is 27.6. The van der Waals surface area contributed by atoms with E-state index in [-0.39, 0.29) is 45.9 Å². The molecular weight excluding hydrogens is 1520 g/mol. The maximum Gasteiger partial charge on any atom is 0.194 e. The van der Waals surface area contributed by atoms with Crippen molar-refractivity contribution < 1.29 is 107 Å². The molecule has 24 heteroatoms. The number of rotatable bonds is 26. The van der Waals surface area contributed by atoms with Crippen molar-refractivity contribution in [2.75, 3.05) is 0 Å². The first-order valence-corrected chi connectivity index (χ1v) is 39.6. The van der Waals surface area contributed by atoms with Gasteiger partial charge in [-0.1, -0.05) is 91.9 Å². The summed E-state index contributed by atoms with van der Waals surface area (Å²) in [4.78, 5) is 0. The van der Waals surface area contributed by atoms with Crippen molar-refractivity contribution in [2.24, 2.45) is 23.7 Å². The van der Waals surface area contributed by atoms with Crippen LogP contribution < -0.4 is 18.9 Å². The summed E-state index contributed by atoms with van der Waals surface area (Å²) in [5, 5.41) is 0. The van der Waals surface area contributed by atoms with Gasteiger partial charge in [0.05, 0.1) is 0 Å². The standard InChI is InChI=1S/C24H27F5O.C23H25F5O.C22H23F5O.C21H21F5O/c1-2-3-4-5-15-6-8-17(9-7-15)18-12-21(27)24(22(28)13-18)30-14-16-10-19(25)23(29)20(26)11-16;1-2-3-4-14-5-7-16(8-6-14)17-11-20(26)23(21(27)12-17)29-13-15-9-18(24)22(28)19(25)10-15;1-2-3-13-4-6-15(7-5-13)16-10-19(25)22(20(26)11-16)28-12-14-8-17(23)21(27)18(24)9-14;1-2-12-3-5-14(6-4-12)15-9-18(24)21(19(25)10-15)27-11-13-7-16(22)20(26)17(23)8-13/h10-13,15,17H,2-9,14H2,1H3;9-12,14,16H,2-8,13H2,1H3;8-11,13,15H,2-7,12H2,1H3;7-10,12,14H,2-6,11H2,1H3. The van der Waals surface area contributed by atoms with E-state index in [1.165, 1.54) is 99.9 Å². The van der Waals surface area contributed by atoms with E-state index < -0.39 is 166 Å². The fourth-order valence-electron chi connectivity index (χ4n) is 16.0. The Morgan fingerprint density at radius 2 is 0.421 bits per heavy atom. The van der Waals surface area contributed by atoms with Crippen molar-refractivity contribution in [2.45, 2.75) is 245 Å². The van der Waals surface area contributed by atoms with Crippen LogP contribution in [0.2, 0.25) is 0 Å². The van der Waals surface area contributed by atoms with Crippen molar-refractivity contribution >= 4 is 0 Å². The molecule has 4 aliphatic carbocycles. The second-order valence-electron chi connectivity index (χ2n) is 30.6. The van der Waals surface area contributed by atoms with E-state index in [0.29, 0.717) is 45.9 Å². The van der Waals surface area contributed by atoms with Gasteiger partial charge in [-0.25, -0.2) is 87.8 Å². The highest BCUT2D eigenvalue weighted by atomic mass is 19.2. The van der Waals surface area contributed by atoms with E-state index in [0.717, 1.165) is 164 Å². The minimum Gasteiger partial charge on any atom is -0.483 e. The van der Waals surface area contributed by atoms with Gasteiger partial charge in [-0.3, -0.25) is 0 Å². The van der Waals surface area contributed by atoms with Crippen LogP contribution in [0.5, 0.6) is 23.0 Å². The summed E-state index contributed by atoms with van der Waals surface area (Å²) >= 11 is 0. The third kappa shape index (κ3) is 24.8. The van der Waals surface area contributed by atoms with Crippen molar-refractivity contribution in [1.29, 1.82) is 0 Å². The van der Waals surface area contributed by atoms with Crippen LogP contribution in [-0.4, -0.2) is 0 Å². The SMILES string of the molecule is CCC1CCC(c2cc(F)c(OCc3cc(F)c(F)c(F)c3)c(F)c2)CC1.CCCC1CCC(c2cc(F)c(OCc3cc(F)c(F)c(F)c3)c(F)c2)CC1.CCCCC1CCC(c2cc(F)c(OCc3cc(F)c(F)c(F)c3)c(F)c2)CC1.CCCCCC1CCC(c2cc(F)c(OCc3cc(F)c(F)c(F)c3)c(F)c2)CC1. The first kappa shape index (κ1) is 89.5. The molecule has 4 aliphatic rings. The number of halogens is 20. The topological polar surface area (TPSA) is 36.9 Å².